The Morgan fingerprint density at radius 2 is 2.00 bits per heavy atom. The van der Waals surface area contributed by atoms with Crippen molar-refractivity contribution in [3.63, 3.8) is 0 Å². The predicted molar refractivity (Wildman–Crippen MR) is 73.0 cm³/mol. The molecule has 0 radical (unpaired) electrons. The van der Waals surface area contributed by atoms with E-state index < -0.39 is 16.1 Å². The number of hydrogen-bond donors (Lipinski definition) is 2. The third kappa shape index (κ3) is 2.80. The highest BCUT2D eigenvalue weighted by atomic mass is 32.2. The fourth-order valence-corrected chi connectivity index (χ4v) is 3.30. The van der Waals surface area contributed by atoms with Crippen molar-refractivity contribution in [3.05, 3.63) is 47.9 Å². The lowest BCUT2D eigenvalue weighted by molar-refractivity contribution is 0.459. The molecule has 6 heteroatoms. The van der Waals surface area contributed by atoms with Crippen molar-refractivity contribution >= 4 is 15.7 Å². The van der Waals surface area contributed by atoms with Gasteiger partial charge in [-0.05, 0) is 43.7 Å². The quantitative estimate of drug-likeness (QED) is 0.841. The number of anilines is 1. The van der Waals surface area contributed by atoms with Crippen molar-refractivity contribution in [1.29, 1.82) is 0 Å². The molecule has 102 valence electrons. The molecule has 1 atom stereocenters. The van der Waals surface area contributed by atoms with Gasteiger partial charge < -0.3 is 10.2 Å². The number of sulfonamides is 1. The average Bonchev–Trinajstić information content (AvgIpc) is 2.85. The Labute approximate surface area is 112 Å². The van der Waals surface area contributed by atoms with Crippen molar-refractivity contribution in [3.8, 4) is 0 Å². The van der Waals surface area contributed by atoms with Crippen LogP contribution in [0.2, 0.25) is 0 Å². The summed E-state index contributed by atoms with van der Waals surface area (Å²) in [6.45, 7) is 3.40. The number of nitrogens with two attached hydrogens (primary N) is 1. The number of benzene rings is 1. The summed E-state index contributed by atoms with van der Waals surface area (Å²) < 4.78 is 32.4. The first-order valence-corrected chi connectivity index (χ1v) is 7.31. The van der Waals surface area contributed by atoms with E-state index in [1.165, 1.54) is 12.3 Å². The van der Waals surface area contributed by atoms with Crippen LogP contribution in [-0.4, -0.2) is 8.42 Å². The van der Waals surface area contributed by atoms with Gasteiger partial charge in [0.25, 0.3) is 0 Å². The van der Waals surface area contributed by atoms with Gasteiger partial charge in [-0.1, -0.05) is 6.07 Å². The molecule has 5 nitrogen and oxygen atoms in total. The molecule has 0 aliphatic rings. The van der Waals surface area contributed by atoms with Gasteiger partial charge >= 0.3 is 0 Å². The average molecular weight is 280 g/mol. The Kier molecular flexibility index (Phi) is 3.64. The van der Waals surface area contributed by atoms with E-state index in [2.05, 4.69) is 4.72 Å². The molecule has 0 aliphatic carbocycles. The van der Waals surface area contributed by atoms with Gasteiger partial charge in [-0.25, -0.2) is 13.1 Å². The molecular weight excluding hydrogens is 264 g/mol. The van der Waals surface area contributed by atoms with Gasteiger partial charge in [-0.3, -0.25) is 0 Å². The normalized spacial score (nSPS) is 13.4. The van der Waals surface area contributed by atoms with Crippen molar-refractivity contribution in [2.75, 3.05) is 5.73 Å². The highest BCUT2D eigenvalue weighted by Crippen LogP contribution is 2.22. The Balaban J connectivity index is 2.31. The number of hydrogen-bond acceptors (Lipinski definition) is 4. The molecule has 0 bridgehead atoms. The summed E-state index contributed by atoms with van der Waals surface area (Å²) in [4.78, 5) is 0.186. The molecule has 1 heterocycles. The zero-order valence-electron chi connectivity index (χ0n) is 10.8. The highest BCUT2D eigenvalue weighted by Gasteiger charge is 2.22. The molecular formula is C13H16N2O3S. The summed E-state index contributed by atoms with van der Waals surface area (Å²) in [5.41, 5.74) is 6.73. The zero-order chi connectivity index (χ0) is 14.0. The minimum atomic E-state index is -3.63. The largest absolute Gasteiger partial charge is 0.468 e. The molecule has 3 N–H and O–H groups in total. The fraction of sp³-hybridized carbons (Fsp3) is 0.231. The molecule has 1 aromatic heterocycles. The predicted octanol–water partition coefficient (Wildman–Crippen LogP) is 2.21. The van der Waals surface area contributed by atoms with Crippen LogP contribution in [0.4, 0.5) is 5.69 Å². The molecule has 0 saturated heterocycles. The lowest BCUT2D eigenvalue weighted by atomic mass is 10.2. The van der Waals surface area contributed by atoms with Crippen LogP contribution in [0.5, 0.6) is 0 Å². The van der Waals surface area contributed by atoms with Crippen molar-refractivity contribution in [2.45, 2.75) is 24.8 Å². The third-order valence-electron chi connectivity index (χ3n) is 2.92. The Morgan fingerprint density at radius 1 is 1.26 bits per heavy atom. The third-order valence-corrected chi connectivity index (χ3v) is 4.60. The molecule has 2 rings (SSSR count). The summed E-state index contributed by atoms with van der Waals surface area (Å²) in [7, 11) is -3.63. The molecule has 2 aromatic rings. The molecule has 0 saturated carbocycles. The maximum absolute atomic E-state index is 12.3. The summed E-state index contributed by atoms with van der Waals surface area (Å²) in [5, 5.41) is 0. The minimum Gasteiger partial charge on any atom is -0.468 e. The van der Waals surface area contributed by atoms with Crippen LogP contribution in [0.25, 0.3) is 0 Å². The van der Waals surface area contributed by atoms with Crippen molar-refractivity contribution < 1.29 is 12.8 Å². The lowest BCUT2D eigenvalue weighted by Gasteiger charge is -2.14. The Hall–Kier alpha value is -1.79. The van der Waals surface area contributed by atoms with Gasteiger partial charge in [0.1, 0.15) is 5.76 Å². The van der Waals surface area contributed by atoms with Crippen LogP contribution >= 0.6 is 0 Å². The molecule has 0 spiro atoms. The molecule has 19 heavy (non-hydrogen) atoms. The van der Waals surface area contributed by atoms with E-state index in [9.17, 15) is 8.42 Å². The monoisotopic (exact) mass is 280 g/mol. The minimum absolute atomic E-state index is 0.186. The van der Waals surface area contributed by atoms with Crippen molar-refractivity contribution in [1.82, 2.24) is 4.72 Å². The van der Waals surface area contributed by atoms with Gasteiger partial charge in [-0.15, -0.1) is 0 Å². The standard InChI is InChI=1S/C13H16N2O3S/c1-9-11(14)5-3-7-13(9)19(16,17)15-10(2)12-6-4-8-18-12/h3-8,10,15H,14H2,1-2H3. The smallest absolute Gasteiger partial charge is 0.241 e. The summed E-state index contributed by atoms with van der Waals surface area (Å²) in [5.74, 6) is 0.560. The summed E-state index contributed by atoms with van der Waals surface area (Å²) >= 11 is 0. The van der Waals surface area contributed by atoms with Crippen LogP contribution in [0.1, 0.15) is 24.3 Å². The van der Waals surface area contributed by atoms with Crippen LogP contribution in [0.15, 0.2) is 45.9 Å². The van der Waals surface area contributed by atoms with Crippen molar-refractivity contribution in [2.24, 2.45) is 0 Å². The summed E-state index contributed by atoms with van der Waals surface area (Å²) in [6, 6.07) is 7.81. The first-order chi connectivity index (χ1) is 8.92. The fourth-order valence-electron chi connectivity index (χ4n) is 1.81. The first kappa shape index (κ1) is 13.6. The van der Waals surface area contributed by atoms with E-state index in [0.717, 1.165) is 0 Å². The van der Waals surface area contributed by atoms with E-state index in [4.69, 9.17) is 10.2 Å². The van der Waals surface area contributed by atoms with Crippen LogP contribution in [-0.2, 0) is 10.0 Å². The number of nitrogens with one attached hydrogen (secondary N) is 1. The van der Waals surface area contributed by atoms with E-state index >= 15 is 0 Å². The van der Waals surface area contributed by atoms with Gasteiger partial charge in [0.15, 0.2) is 0 Å². The Morgan fingerprint density at radius 3 is 2.63 bits per heavy atom. The molecule has 1 aromatic carbocycles. The topological polar surface area (TPSA) is 85.3 Å². The summed E-state index contributed by atoms with van der Waals surface area (Å²) in [6.07, 6.45) is 1.51. The second kappa shape index (κ2) is 5.07. The SMILES string of the molecule is Cc1c(N)cccc1S(=O)(=O)NC(C)c1ccco1. The van der Waals surface area contributed by atoms with E-state index in [0.29, 0.717) is 17.0 Å². The number of furan rings is 1. The number of nitrogen functional groups attached to an aromatic ring is 1. The van der Waals surface area contributed by atoms with Crippen LogP contribution in [0, 0.1) is 6.92 Å². The lowest BCUT2D eigenvalue weighted by Crippen LogP contribution is -2.27. The van der Waals surface area contributed by atoms with Crippen LogP contribution in [0.3, 0.4) is 0 Å². The van der Waals surface area contributed by atoms with Crippen LogP contribution < -0.4 is 10.5 Å². The van der Waals surface area contributed by atoms with Gasteiger partial charge in [0, 0.05) is 5.69 Å². The molecule has 0 aliphatic heterocycles. The van der Waals surface area contributed by atoms with E-state index in [-0.39, 0.29) is 4.90 Å². The Bertz CT molecular complexity index is 663. The molecule has 0 fully saturated rings. The number of rotatable bonds is 4. The van der Waals surface area contributed by atoms with Gasteiger partial charge in [0.05, 0.1) is 17.2 Å². The maximum atomic E-state index is 12.3. The van der Waals surface area contributed by atoms with E-state index in [1.807, 2.05) is 0 Å². The van der Waals surface area contributed by atoms with Gasteiger partial charge in [-0.2, -0.15) is 0 Å². The molecule has 0 amide bonds. The first-order valence-electron chi connectivity index (χ1n) is 5.82. The highest BCUT2D eigenvalue weighted by molar-refractivity contribution is 7.89. The maximum Gasteiger partial charge on any atom is 0.241 e. The van der Waals surface area contributed by atoms with Gasteiger partial charge in [0.2, 0.25) is 10.0 Å². The molecule has 1 unspecified atom stereocenters. The van der Waals surface area contributed by atoms with E-state index in [1.54, 1.807) is 38.1 Å². The zero-order valence-corrected chi connectivity index (χ0v) is 11.6. The second-order valence-electron chi connectivity index (χ2n) is 4.33. The second-order valence-corrected chi connectivity index (χ2v) is 6.01.